The number of ether oxygens (including phenoxy) is 1. The van der Waals surface area contributed by atoms with Gasteiger partial charge in [-0.1, -0.05) is 23.3 Å². The molecule has 0 amide bonds. The SMILES string of the molecule is CCOC(=O)CC/C=C/C(C)=C(C)C. The Balaban J connectivity index is 3.74. The highest BCUT2D eigenvalue weighted by Crippen LogP contribution is 2.04. The van der Waals surface area contributed by atoms with Crippen LogP contribution in [0, 0.1) is 0 Å². The van der Waals surface area contributed by atoms with Crippen LogP contribution in [0.25, 0.3) is 0 Å². The number of rotatable bonds is 5. The average molecular weight is 196 g/mol. The molecule has 0 spiro atoms. The summed E-state index contributed by atoms with van der Waals surface area (Å²) in [6, 6.07) is 0. The zero-order valence-corrected chi connectivity index (χ0v) is 9.59. The summed E-state index contributed by atoms with van der Waals surface area (Å²) in [6.45, 7) is 8.50. The van der Waals surface area contributed by atoms with Gasteiger partial charge in [-0.2, -0.15) is 0 Å². The minimum Gasteiger partial charge on any atom is -0.466 e. The minimum atomic E-state index is -0.119. The predicted molar refractivity (Wildman–Crippen MR) is 59.1 cm³/mol. The van der Waals surface area contributed by atoms with Gasteiger partial charge in [0.1, 0.15) is 0 Å². The van der Waals surface area contributed by atoms with E-state index in [1.807, 2.05) is 13.0 Å². The van der Waals surface area contributed by atoms with Crippen molar-refractivity contribution in [2.24, 2.45) is 0 Å². The lowest BCUT2D eigenvalue weighted by molar-refractivity contribution is -0.142. The maximum absolute atomic E-state index is 11.0. The summed E-state index contributed by atoms with van der Waals surface area (Å²) in [5.41, 5.74) is 2.56. The van der Waals surface area contributed by atoms with E-state index >= 15 is 0 Å². The molecule has 0 unspecified atom stereocenters. The molecule has 0 aromatic heterocycles. The summed E-state index contributed by atoms with van der Waals surface area (Å²) in [5, 5.41) is 0. The first-order valence-electron chi connectivity index (χ1n) is 5.04. The van der Waals surface area contributed by atoms with Crippen LogP contribution in [-0.2, 0) is 9.53 Å². The van der Waals surface area contributed by atoms with Crippen LogP contribution < -0.4 is 0 Å². The van der Waals surface area contributed by atoms with Gasteiger partial charge in [-0.25, -0.2) is 0 Å². The van der Waals surface area contributed by atoms with Crippen LogP contribution in [0.4, 0.5) is 0 Å². The van der Waals surface area contributed by atoms with Crippen molar-refractivity contribution in [2.75, 3.05) is 6.61 Å². The normalized spacial score (nSPS) is 10.3. The van der Waals surface area contributed by atoms with Crippen molar-refractivity contribution < 1.29 is 9.53 Å². The first-order chi connectivity index (χ1) is 6.57. The zero-order chi connectivity index (χ0) is 11.0. The maximum atomic E-state index is 11.0. The van der Waals surface area contributed by atoms with Crippen molar-refractivity contribution in [1.29, 1.82) is 0 Å². The Morgan fingerprint density at radius 1 is 1.29 bits per heavy atom. The fraction of sp³-hybridized carbons (Fsp3) is 0.583. The Morgan fingerprint density at radius 2 is 1.93 bits per heavy atom. The van der Waals surface area contributed by atoms with Crippen LogP contribution in [0.3, 0.4) is 0 Å². The van der Waals surface area contributed by atoms with Crippen LogP contribution in [0.5, 0.6) is 0 Å². The van der Waals surface area contributed by atoms with Crippen LogP contribution in [0.15, 0.2) is 23.3 Å². The van der Waals surface area contributed by atoms with E-state index in [0.29, 0.717) is 13.0 Å². The van der Waals surface area contributed by atoms with Gasteiger partial charge in [0.05, 0.1) is 6.61 Å². The van der Waals surface area contributed by atoms with E-state index in [1.54, 1.807) is 0 Å². The molecule has 2 heteroatoms. The van der Waals surface area contributed by atoms with Gasteiger partial charge in [0.25, 0.3) is 0 Å². The number of carbonyl (C=O) groups excluding carboxylic acids is 1. The molecule has 0 saturated heterocycles. The van der Waals surface area contributed by atoms with Crippen molar-refractivity contribution in [3.8, 4) is 0 Å². The van der Waals surface area contributed by atoms with Crippen molar-refractivity contribution in [3.05, 3.63) is 23.3 Å². The van der Waals surface area contributed by atoms with Gasteiger partial charge in [0.15, 0.2) is 0 Å². The summed E-state index contributed by atoms with van der Waals surface area (Å²) >= 11 is 0. The molecule has 80 valence electrons. The van der Waals surface area contributed by atoms with Crippen molar-refractivity contribution >= 4 is 5.97 Å². The number of carbonyl (C=O) groups is 1. The van der Waals surface area contributed by atoms with E-state index in [-0.39, 0.29) is 5.97 Å². The Hall–Kier alpha value is -1.05. The Bertz CT molecular complexity index is 233. The molecule has 0 radical (unpaired) electrons. The van der Waals surface area contributed by atoms with E-state index in [0.717, 1.165) is 6.42 Å². The molecule has 0 N–H and O–H groups in total. The molecular weight excluding hydrogens is 176 g/mol. The third-order valence-electron chi connectivity index (χ3n) is 1.98. The van der Waals surface area contributed by atoms with Gasteiger partial charge in [0.2, 0.25) is 0 Å². The second-order valence-electron chi connectivity index (χ2n) is 3.43. The molecule has 0 aliphatic rings. The molecule has 0 heterocycles. The Morgan fingerprint density at radius 3 is 2.43 bits per heavy atom. The van der Waals surface area contributed by atoms with Crippen molar-refractivity contribution in [2.45, 2.75) is 40.5 Å². The van der Waals surface area contributed by atoms with Crippen molar-refractivity contribution in [3.63, 3.8) is 0 Å². The Labute approximate surface area is 86.6 Å². The molecular formula is C12H20O2. The molecule has 0 aliphatic carbocycles. The predicted octanol–water partition coefficient (Wildman–Crippen LogP) is 3.24. The number of allylic oxidation sites excluding steroid dienone is 4. The van der Waals surface area contributed by atoms with Gasteiger partial charge in [-0.3, -0.25) is 4.79 Å². The van der Waals surface area contributed by atoms with E-state index in [1.165, 1.54) is 11.1 Å². The molecule has 0 aromatic carbocycles. The highest BCUT2D eigenvalue weighted by molar-refractivity contribution is 5.69. The standard InChI is InChI=1S/C12H20O2/c1-5-14-12(13)9-7-6-8-11(4)10(2)3/h6,8H,5,7,9H2,1-4H3/b8-6+. The number of hydrogen-bond donors (Lipinski definition) is 0. The molecule has 14 heavy (non-hydrogen) atoms. The van der Waals surface area contributed by atoms with Gasteiger partial charge >= 0.3 is 5.97 Å². The largest absolute Gasteiger partial charge is 0.466 e. The molecule has 0 fully saturated rings. The second kappa shape index (κ2) is 7.36. The average Bonchev–Trinajstić information content (AvgIpc) is 2.12. The first-order valence-corrected chi connectivity index (χ1v) is 5.04. The monoisotopic (exact) mass is 196 g/mol. The minimum absolute atomic E-state index is 0.119. The molecule has 0 atom stereocenters. The molecule has 0 aromatic rings. The van der Waals surface area contributed by atoms with Gasteiger partial charge in [-0.15, -0.1) is 0 Å². The molecule has 0 aliphatic heterocycles. The zero-order valence-electron chi connectivity index (χ0n) is 9.59. The topological polar surface area (TPSA) is 26.3 Å². The van der Waals surface area contributed by atoms with Crippen LogP contribution in [-0.4, -0.2) is 12.6 Å². The van der Waals surface area contributed by atoms with E-state index in [4.69, 9.17) is 4.74 Å². The summed E-state index contributed by atoms with van der Waals surface area (Å²) in [7, 11) is 0. The molecule has 0 rings (SSSR count). The maximum Gasteiger partial charge on any atom is 0.306 e. The highest BCUT2D eigenvalue weighted by Gasteiger charge is 1.97. The lowest BCUT2D eigenvalue weighted by atomic mass is 10.1. The number of hydrogen-bond acceptors (Lipinski definition) is 2. The summed E-state index contributed by atoms with van der Waals surface area (Å²) < 4.78 is 4.81. The molecule has 0 saturated carbocycles. The van der Waals surface area contributed by atoms with Gasteiger partial charge in [0, 0.05) is 6.42 Å². The van der Waals surface area contributed by atoms with Gasteiger partial charge < -0.3 is 4.74 Å². The first kappa shape index (κ1) is 12.9. The van der Waals surface area contributed by atoms with Crippen molar-refractivity contribution in [1.82, 2.24) is 0 Å². The lowest BCUT2D eigenvalue weighted by Gasteiger charge is -1.98. The fourth-order valence-corrected chi connectivity index (χ4v) is 0.861. The highest BCUT2D eigenvalue weighted by atomic mass is 16.5. The quantitative estimate of drug-likeness (QED) is 0.498. The molecule has 0 bridgehead atoms. The van der Waals surface area contributed by atoms with Crippen LogP contribution in [0.2, 0.25) is 0 Å². The summed E-state index contributed by atoms with van der Waals surface area (Å²) in [5.74, 6) is -0.119. The van der Waals surface area contributed by atoms with Crippen LogP contribution >= 0.6 is 0 Å². The fourth-order valence-electron chi connectivity index (χ4n) is 0.861. The third kappa shape index (κ3) is 6.46. The van der Waals surface area contributed by atoms with E-state index in [9.17, 15) is 4.79 Å². The third-order valence-corrected chi connectivity index (χ3v) is 1.98. The van der Waals surface area contributed by atoms with E-state index < -0.39 is 0 Å². The Kier molecular flexibility index (Phi) is 6.81. The van der Waals surface area contributed by atoms with Crippen LogP contribution in [0.1, 0.15) is 40.5 Å². The summed E-state index contributed by atoms with van der Waals surface area (Å²) in [4.78, 5) is 11.0. The smallest absolute Gasteiger partial charge is 0.306 e. The molecule has 2 nitrogen and oxygen atoms in total. The second-order valence-corrected chi connectivity index (χ2v) is 3.43. The lowest BCUT2D eigenvalue weighted by Crippen LogP contribution is -2.02. The summed E-state index contributed by atoms with van der Waals surface area (Å²) in [6.07, 6.45) is 5.29. The van der Waals surface area contributed by atoms with E-state index in [2.05, 4.69) is 26.8 Å². The number of esters is 1. The van der Waals surface area contributed by atoms with Gasteiger partial charge in [-0.05, 0) is 34.1 Å².